The summed E-state index contributed by atoms with van der Waals surface area (Å²) in [5.41, 5.74) is 4.26. The Morgan fingerprint density at radius 3 is 2.44 bits per heavy atom. The zero-order valence-electron chi connectivity index (χ0n) is 18.2. The van der Waals surface area contributed by atoms with Crippen LogP contribution in [-0.2, 0) is 4.79 Å². The molecule has 170 valence electrons. The van der Waals surface area contributed by atoms with Crippen molar-refractivity contribution in [3.63, 3.8) is 0 Å². The number of pyridine rings is 1. The van der Waals surface area contributed by atoms with E-state index < -0.39 is 0 Å². The molecule has 0 spiro atoms. The summed E-state index contributed by atoms with van der Waals surface area (Å²) >= 11 is 9.44. The van der Waals surface area contributed by atoms with Crippen molar-refractivity contribution in [2.75, 3.05) is 5.88 Å². The van der Waals surface area contributed by atoms with E-state index in [9.17, 15) is 9.59 Å². The van der Waals surface area contributed by atoms with Crippen LogP contribution in [0.3, 0.4) is 0 Å². The predicted octanol–water partition coefficient (Wildman–Crippen LogP) is 6.26. The van der Waals surface area contributed by atoms with E-state index in [1.807, 2.05) is 78.9 Å². The number of aromatic amines is 1. The number of carbonyl (C=O) groups is 1. The lowest BCUT2D eigenvalue weighted by Gasteiger charge is -2.21. The molecule has 1 unspecified atom stereocenters. The fraction of sp³-hybridized carbons (Fsp3) is 0.148. The number of hydrogen-bond acceptors (Lipinski definition) is 3. The van der Waals surface area contributed by atoms with Gasteiger partial charge in [0.2, 0.25) is 5.91 Å². The zero-order chi connectivity index (χ0) is 23.7. The molecule has 0 fully saturated rings. The fourth-order valence-electron chi connectivity index (χ4n) is 4.47. The summed E-state index contributed by atoms with van der Waals surface area (Å²) in [4.78, 5) is 29.4. The first-order chi connectivity index (χ1) is 16.6. The number of aromatic nitrogens is 1. The lowest BCUT2D eigenvalue weighted by atomic mass is 9.91. The first-order valence-corrected chi connectivity index (χ1v) is 12.3. The lowest BCUT2D eigenvalue weighted by molar-refractivity contribution is -0.132. The van der Waals surface area contributed by atoms with Gasteiger partial charge in [0.15, 0.2) is 0 Å². The Bertz CT molecular complexity index is 1450. The van der Waals surface area contributed by atoms with Crippen molar-refractivity contribution >= 4 is 50.1 Å². The number of nitrogens with one attached hydrogen (secondary N) is 1. The number of hydrazone groups is 1. The van der Waals surface area contributed by atoms with E-state index >= 15 is 0 Å². The van der Waals surface area contributed by atoms with Crippen LogP contribution in [0, 0.1) is 0 Å². The molecule has 1 amide bonds. The second-order valence-electron chi connectivity index (χ2n) is 8.11. The Hall–Kier alpha value is -3.22. The van der Waals surface area contributed by atoms with Crippen LogP contribution in [0.1, 0.15) is 30.0 Å². The normalized spacial score (nSPS) is 15.5. The van der Waals surface area contributed by atoms with Crippen LogP contribution in [0.4, 0.5) is 0 Å². The highest BCUT2D eigenvalue weighted by Crippen LogP contribution is 2.37. The quantitative estimate of drug-likeness (QED) is 0.307. The van der Waals surface area contributed by atoms with Gasteiger partial charge < -0.3 is 4.98 Å². The maximum absolute atomic E-state index is 13.5. The molecule has 5 nitrogen and oxygen atoms in total. The second kappa shape index (κ2) is 9.57. The first-order valence-electron chi connectivity index (χ1n) is 11.0. The largest absolute Gasteiger partial charge is 0.321 e. The molecule has 7 heteroatoms. The van der Waals surface area contributed by atoms with Gasteiger partial charge in [-0.3, -0.25) is 9.59 Å². The summed E-state index contributed by atoms with van der Waals surface area (Å²) in [5.74, 6) is 0.0433. The summed E-state index contributed by atoms with van der Waals surface area (Å²) < 4.78 is 0.907. The third kappa shape index (κ3) is 4.19. The standard InChI is InChI=1S/C27H21BrClN3O2/c28-19-11-12-21-20(15-19)25(18-9-5-2-6-10-18)26(27(34)30-21)22-16-23(17-7-3-1-4-8-17)32(31-22)24(33)13-14-29/h1-12,15,23H,13-14,16H2,(H,30,34). The molecule has 4 aromatic rings. The zero-order valence-corrected chi connectivity index (χ0v) is 20.5. The number of H-pyrrole nitrogens is 1. The molecule has 34 heavy (non-hydrogen) atoms. The van der Waals surface area contributed by atoms with Crippen molar-refractivity contribution in [3.8, 4) is 11.1 Å². The molecule has 0 saturated carbocycles. The Morgan fingerprint density at radius 1 is 1.03 bits per heavy atom. The van der Waals surface area contributed by atoms with Crippen molar-refractivity contribution in [1.82, 2.24) is 9.99 Å². The monoisotopic (exact) mass is 533 g/mol. The van der Waals surface area contributed by atoms with Gasteiger partial charge in [0.05, 0.1) is 17.3 Å². The molecule has 5 rings (SSSR count). The fourth-order valence-corrected chi connectivity index (χ4v) is 4.99. The van der Waals surface area contributed by atoms with Gasteiger partial charge in [-0.15, -0.1) is 11.6 Å². The molecule has 0 saturated heterocycles. The van der Waals surface area contributed by atoms with Crippen LogP contribution in [0.5, 0.6) is 0 Å². The third-order valence-electron chi connectivity index (χ3n) is 5.99. The summed E-state index contributed by atoms with van der Waals surface area (Å²) in [5, 5.41) is 7.12. The summed E-state index contributed by atoms with van der Waals surface area (Å²) in [6.45, 7) is 0. The number of amides is 1. The molecular weight excluding hydrogens is 514 g/mol. The molecule has 1 N–H and O–H groups in total. The molecule has 2 heterocycles. The number of benzene rings is 3. The topological polar surface area (TPSA) is 65.5 Å². The van der Waals surface area contributed by atoms with Gasteiger partial charge in [-0.2, -0.15) is 5.10 Å². The van der Waals surface area contributed by atoms with Crippen LogP contribution in [0.2, 0.25) is 0 Å². The highest BCUT2D eigenvalue weighted by molar-refractivity contribution is 9.10. The van der Waals surface area contributed by atoms with Crippen LogP contribution < -0.4 is 5.56 Å². The molecule has 0 radical (unpaired) electrons. The van der Waals surface area contributed by atoms with E-state index in [1.54, 1.807) is 0 Å². The van der Waals surface area contributed by atoms with Crippen LogP contribution >= 0.6 is 27.5 Å². The van der Waals surface area contributed by atoms with Gasteiger partial charge in [-0.1, -0.05) is 76.6 Å². The predicted molar refractivity (Wildman–Crippen MR) is 140 cm³/mol. The van der Waals surface area contributed by atoms with Gasteiger partial charge in [-0.05, 0) is 29.3 Å². The van der Waals surface area contributed by atoms with Crippen molar-refractivity contribution in [3.05, 3.63) is 105 Å². The molecule has 3 aromatic carbocycles. The molecule has 1 atom stereocenters. The Kier molecular flexibility index (Phi) is 6.35. The maximum atomic E-state index is 13.5. The van der Waals surface area contributed by atoms with E-state index in [2.05, 4.69) is 20.9 Å². The smallest absolute Gasteiger partial charge is 0.258 e. The molecule has 1 aliphatic rings. The Labute approximate surface area is 210 Å². The molecule has 0 bridgehead atoms. The van der Waals surface area contributed by atoms with E-state index in [0.29, 0.717) is 17.7 Å². The van der Waals surface area contributed by atoms with Crippen molar-refractivity contribution in [2.24, 2.45) is 5.10 Å². The number of nitrogens with zero attached hydrogens (tertiary/aromatic N) is 2. The van der Waals surface area contributed by atoms with E-state index in [-0.39, 0.29) is 29.8 Å². The van der Waals surface area contributed by atoms with Crippen LogP contribution in [-0.4, -0.2) is 27.5 Å². The van der Waals surface area contributed by atoms with Gasteiger partial charge in [0, 0.05) is 39.7 Å². The average molecular weight is 535 g/mol. The van der Waals surface area contributed by atoms with Crippen molar-refractivity contribution in [1.29, 1.82) is 0 Å². The Morgan fingerprint density at radius 2 is 1.74 bits per heavy atom. The SMILES string of the molecule is O=C(CCCl)N1N=C(c2c(-c3ccccc3)c3cc(Br)ccc3[nH]c2=O)CC1c1ccccc1. The number of alkyl halides is 1. The van der Waals surface area contributed by atoms with Crippen LogP contribution in [0.15, 0.2) is 93.2 Å². The van der Waals surface area contributed by atoms with Gasteiger partial charge in [-0.25, -0.2) is 5.01 Å². The number of carbonyl (C=O) groups excluding carboxylic acids is 1. The summed E-state index contributed by atoms with van der Waals surface area (Å²) in [6.07, 6.45) is 0.606. The lowest BCUT2D eigenvalue weighted by Crippen LogP contribution is -2.27. The highest BCUT2D eigenvalue weighted by atomic mass is 79.9. The van der Waals surface area contributed by atoms with Gasteiger partial charge in [0.1, 0.15) is 0 Å². The molecule has 1 aliphatic heterocycles. The number of halogens is 2. The minimum atomic E-state index is -0.298. The first kappa shape index (κ1) is 22.6. The second-order valence-corrected chi connectivity index (χ2v) is 9.41. The van der Waals surface area contributed by atoms with E-state index in [4.69, 9.17) is 16.7 Å². The van der Waals surface area contributed by atoms with Crippen molar-refractivity contribution < 1.29 is 4.79 Å². The van der Waals surface area contributed by atoms with Gasteiger partial charge >= 0.3 is 0 Å². The number of hydrogen-bond donors (Lipinski definition) is 1. The molecular formula is C27H21BrClN3O2. The van der Waals surface area contributed by atoms with E-state index in [0.717, 1.165) is 32.1 Å². The van der Waals surface area contributed by atoms with Crippen LogP contribution in [0.25, 0.3) is 22.0 Å². The molecule has 0 aliphatic carbocycles. The maximum Gasteiger partial charge on any atom is 0.258 e. The summed E-state index contributed by atoms with van der Waals surface area (Å²) in [7, 11) is 0. The number of rotatable bonds is 5. The van der Waals surface area contributed by atoms with Crippen molar-refractivity contribution in [2.45, 2.75) is 18.9 Å². The average Bonchev–Trinajstić information content (AvgIpc) is 3.30. The minimum Gasteiger partial charge on any atom is -0.321 e. The minimum absolute atomic E-state index is 0.167. The third-order valence-corrected chi connectivity index (χ3v) is 6.67. The highest BCUT2D eigenvalue weighted by Gasteiger charge is 2.35. The van der Waals surface area contributed by atoms with Gasteiger partial charge in [0.25, 0.3) is 5.56 Å². The van der Waals surface area contributed by atoms with E-state index in [1.165, 1.54) is 5.01 Å². The Balaban J connectivity index is 1.74. The number of fused-ring (bicyclic) bond motifs is 1. The molecule has 1 aromatic heterocycles. The summed E-state index contributed by atoms with van der Waals surface area (Å²) in [6, 6.07) is 25.1.